The molecule has 0 unspecified atom stereocenters. The van der Waals surface area contributed by atoms with Gasteiger partial charge in [-0.3, -0.25) is 15.1 Å². The van der Waals surface area contributed by atoms with Crippen molar-refractivity contribution < 1.29 is 22.7 Å². The lowest BCUT2D eigenvalue weighted by Crippen LogP contribution is -2.43. The van der Waals surface area contributed by atoms with Gasteiger partial charge in [-0.05, 0) is 59.0 Å². The monoisotopic (exact) mass is 586 g/mol. The van der Waals surface area contributed by atoms with Crippen molar-refractivity contribution in [3.05, 3.63) is 42.0 Å². The van der Waals surface area contributed by atoms with Gasteiger partial charge in [0.25, 0.3) is 5.91 Å². The molecule has 2 fully saturated rings. The number of benzene rings is 1. The molecule has 1 aliphatic heterocycles. The number of hydrogen-bond acceptors (Lipinski definition) is 11. The summed E-state index contributed by atoms with van der Waals surface area (Å²) in [7, 11) is 0.664. The maximum Gasteiger partial charge on any atom is 0.278 e. The van der Waals surface area contributed by atoms with Crippen LogP contribution in [0.15, 0.2) is 46.4 Å². The Morgan fingerprint density at radius 3 is 2.50 bits per heavy atom. The summed E-state index contributed by atoms with van der Waals surface area (Å²) in [5.74, 6) is 0.0346. The first-order valence-electron chi connectivity index (χ1n) is 13.2. The van der Waals surface area contributed by atoms with Crippen molar-refractivity contribution in [2.24, 2.45) is 5.10 Å². The lowest BCUT2D eigenvalue weighted by molar-refractivity contribution is -0.110. The molecule has 0 bridgehead atoms. The van der Waals surface area contributed by atoms with Crippen LogP contribution in [0.3, 0.4) is 0 Å². The number of fused-ring (bicyclic) bond motifs is 1. The fraction of sp³-hybridized carbons (Fsp3) is 0.481. The summed E-state index contributed by atoms with van der Waals surface area (Å²) >= 11 is 1.24. The van der Waals surface area contributed by atoms with Gasteiger partial charge in [0.15, 0.2) is 20.7 Å². The molecule has 3 heterocycles. The van der Waals surface area contributed by atoms with Crippen molar-refractivity contribution in [3.8, 4) is 5.88 Å². The van der Waals surface area contributed by atoms with Crippen molar-refractivity contribution in [1.82, 2.24) is 19.9 Å². The zero-order valence-corrected chi connectivity index (χ0v) is 24.7. The highest BCUT2D eigenvalue weighted by molar-refractivity contribution is 7.92. The van der Waals surface area contributed by atoms with E-state index in [1.54, 1.807) is 35.3 Å². The van der Waals surface area contributed by atoms with Crippen LogP contribution in [0.5, 0.6) is 5.88 Å². The van der Waals surface area contributed by atoms with E-state index in [-0.39, 0.29) is 21.4 Å². The number of thiazole rings is 1. The molecular formula is C27H34N6O5S2. The molecule has 13 heteroatoms. The number of carbonyl (C=O) groups excluding carboxylic acids is 1. The number of likely N-dealkylation sites (N-methyl/N-ethyl adjacent to an activating group) is 1. The molecular weight excluding hydrogens is 552 g/mol. The van der Waals surface area contributed by atoms with Crippen LogP contribution in [-0.4, -0.2) is 97.7 Å². The highest BCUT2D eigenvalue weighted by Gasteiger charge is 2.37. The van der Waals surface area contributed by atoms with Crippen LogP contribution in [0.4, 0.5) is 5.13 Å². The lowest BCUT2D eigenvalue weighted by Gasteiger charge is -2.31. The maximum atomic E-state index is 13.5. The van der Waals surface area contributed by atoms with E-state index in [4.69, 9.17) is 9.47 Å². The molecule has 5 rings (SSSR count). The van der Waals surface area contributed by atoms with Crippen LogP contribution in [0.25, 0.3) is 10.3 Å². The molecule has 1 aromatic carbocycles. The van der Waals surface area contributed by atoms with Crippen LogP contribution in [0.1, 0.15) is 32.3 Å². The van der Waals surface area contributed by atoms with Crippen molar-refractivity contribution in [2.75, 3.05) is 52.3 Å². The predicted molar refractivity (Wildman–Crippen MR) is 155 cm³/mol. The van der Waals surface area contributed by atoms with E-state index in [1.165, 1.54) is 11.3 Å². The number of nitrogens with zero attached hydrogens (tertiary/aromatic N) is 5. The second-order valence-electron chi connectivity index (χ2n) is 10.7. The quantitative estimate of drug-likeness (QED) is 0.357. The third-order valence-electron chi connectivity index (χ3n) is 7.10. The summed E-state index contributed by atoms with van der Waals surface area (Å²) < 4.78 is 36.6. The minimum absolute atomic E-state index is 0.166. The molecule has 3 aromatic rings. The minimum Gasteiger partial charge on any atom is -0.476 e. The first kappa shape index (κ1) is 28.4. The molecule has 11 nitrogen and oxygen atoms in total. The van der Waals surface area contributed by atoms with Gasteiger partial charge < -0.3 is 14.4 Å². The van der Waals surface area contributed by atoms with Crippen LogP contribution in [0, 0.1) is 0 Å². The van der Waals surface area contributed by atoms with E-state index >= 15 is 0 Å². The maximum absolute atomic E-state index is 13.5. The van der Waals surface area contributed by atoms with Crippen LogP contribution in [0.2, 0.25) is 0 Å². The highest BCUT2D eigenvalue weighted by atomic mass is 32.2. The second kappa shape index (κ2) is 11.4. The average Bonchev–Trinajstić information content (AvgIpc) is 3.72. The Morgan fingerprint density at radius 2 is 1.85 bits per heavy atom. The Kier molecular flexibility index (Phi) is 8.09. The summed E-state index contributed by atoms with van der Waals surface area (Å²) in [6.07, 6.45) is 1.38. The number of morpholine rings is 1. The first-order chi connectivity index (χ1) is 19.0. The number of aromatic nitrogens is 2. The average molecular weight is 587 g/mol. The predicted octanol–water partition coefficient (Wildman–Crippen LogP) is 3.02. The summed E-state index contributed by atoms with van der Waals surface area (Å²) in [6.45, 7) is 6.74. The van der Waals surface area contributed by atoms with Gasteiger partial charge in [-0.2, -0.15) is 5.10 Å². The van der Waals surface area contributed by atoms with Crippen LogP contribution in [-0.2, 0) is 19.4 Å². The third-order valence-corrected chi connectivity index (χ3v) is 10.3. The van der Waals surface area contributed by atoms with E-state index in [1.807, 2.05) is 20.2 Å². The van der Waals surface area contributed by atoms with E-state index in [0.717, 1.165) is 0 Å². The van der Waals surface area contributed by atoms with E-state index in [9.17, 15) is 13.2 Å². The molecule has 214 valence electrons. The van der Waals surface area contributed by atoms with Crippen molar-refractivity contribution in [1.29, 1.82) is 0 Å². The molecule has 0 spiro atoms. The molecule has 40 heavy (non-hydrogen) atoms. The Morgan fingerprint density at radius 1 is 1.15 bits per heavy atom. The van der Waals surface area contributed by atoms with E-state index < -0.39 is 15.7 Å². The SMILES string of the molecule is CN(C)C(C)(C)COc1ccc2nc(NC(=O)/C(=N/N3CCOCC3)c3ccc(S(=O)(=O)C4CC4)cc3)sc2n1. The Bertz CT molecular complexity index is 1510. The Hall–Kier alpha value is -3.13. The standard InChI is InChI=1S/C27H34N6O5S2/c1-27(2,32(3)4)17-38-22-12-11-21-25(29-22)39-26(28-21)30-24(34)23(31-33-13-15-37-16-14-33)18-5-7-19(8-6-18)40(35,36)20-9-10-20/h5-8,11-12,20H,9-10,13-17H2,1-4H3,(H,28,30,34)/b31-23+. The Balaban J connectivity index is 1.36. The van der Waals surface area contributed by atoms with Crippen molar-refractivity contribution in [2.45, 2.75) is 42.4 Å². The van der Waals surface area contributed by atoms with Gasteiger partial charge in [0, 0.05) is 17.2 Å². The number of sulfone groups is 1. The lowest BCUT2D eigenvalue weighted by atomic mass is 10.1. The van der Waals surface area contributed by atoms with Crippen LogP contribution < -0.4 is 10.1 Å². The normalized spacial score (nSPS) is 16.9. The summed E-state index contributed by atoms with van der Waals surface area (Å²) in [4.78, 5) is 25.6. The van der Waals surface area contributed by atoms with Gasteiger partial charge in [0.05, 0.1) is 36.4 Å². The highest BCUT2D eigenvalue weighted by Crippen LogP contribution is 2.33. The minimum atomic E-state index is -3.33. The van der Waals surface area contributed by atoms with E-state index in [0.29, 0.717) is 72.7 Å². The molecule has 1 aliphatic carbocycles. The Labute approximate surface area is 238 Å². The largest absolute Gasteiger partial charge is 0.476 e. The fourth-order valence-electron chi connectivity index (χ4n) is 3.87. The van der Waals surface area contributed by atoms with Crippen LogP contribution >= 0.6 is 11.3 Å². The molecule has 1 N–H and O–H groups in total. The number of anilines is 1. The van der Waals surface area contributed by atoms with Gasteiger partial charge in [0.2, 0.25) is 5.88 Å². The van der Waals surface area contributed by atoms with E-state index in [2.05, 4.69) is 39.1 Å². The van der Waals surface area contributed by atoms with Gasteiger partial charge in [-0.1, -0.05) is 23.5 Å². The molecule has 1 saturated heterocycles. The fourth-order valence-corrected chi connectivity index (χ4v) is 6.35. The number of hydrazone groups is 1. The number of hydrogen-bond donors (Lipinski definition) is 1. The smallest absolute Gasteiger partial charge is 0.278 e. The first-order valence-corrected chi connectivity index (χ1v) is 15.5. The molecule has 0 radical (unpaired) electrons. The summed E-state index contributed by atoms with van der Waals surface area (Å²) in [5.41, 5.74) is 1.15. The molecule has 2 aromatic heterocycles. The molecule has 0 atom stereocenters. The number of amides is 1. The molecule has 1 saturated carbocycles. The topological polar surface area (TPSA) is 126 Å². The summed E-state index contributed by atoms with van der Waals surface area (Å²) in [6, 6.07) is 9.94. The number of carbonyl (C=O) groups is 1. The number of nitrogens with one attached hydrogen (secondary N) is 1. The van der Waals surface area contributed by atoms with Crippen molar-refractivity contribution in [3.63, 3.8) is 0 Å². The number of rotatable bonds is 10. The molecule has 1 amide bonds. The van der Waals surface area contributed by atoms with Crippen molar-refractivity contribution >= 4 is 48.3 Å². The number of ether oxygens (including phenoxy) is 2. The number of pyridine rings is 1. The zero-order chi connectivity index (χ0) is 28.5. The second-order valence-corrected chi connectivity index (χ2v) is 13.9. The van der Waals surface area contributed by atoms with Gasteiger partial charge in [0.1, 0.15) is 17.0 Å². The molecule has 2 aliphatic rings. The van der Waals surface area contributed by atoms with Gasteiger partial charge in [-0.25, -0.2) is 18.4 Å². The van der Waals surface area contributed by atoms with Gasteiger partial charge in [-0.15, -0.1) is 0 Å². The summed E-state index contributed by atoms with van der Waals surface area (Å²) in [5, 5.41) is 9.33. The van der Waals surface area contributed by atoms with Gasteiger partial charge >= 0.3 is 0 Å². The zero-order valence-electron chi connectivity index (χ0n) is 23.1. The third kappa shape index (κ3) is 6.43.